The van der Waals surface area contributed by atoms with Gasteiger partial charge in [-0.3, -0.25) is 4.79 Å². The molecule has 0 spiro atoms. The summed E-state index contributed by atoms with van der Waals surface area (Å²) in [5.74, 6) is 0.309. The van der Waals surface area contributed by atoms with Crippen molar-refractivity contribution in [3.8, 4) is 0 Å². The lowest BCUT2D eigenvalue weighted by molar-refractivity contribution is 0.0992. The maximum Gasteiger partial charge on any atom is 0.488 e. The maximum atomic E-state index is 13.0. The highest BCUT2D eigenvalue weighted by Gasteiger charge is 2.12. The van der Waals surface area contributed by atoms with Gasteiger partial charge in [0.05, 0.1) is 0 Å². The highest BCUT2D eigenvalue weighted by molar-refractivity contribution is 6.58. The number of hydrogen-bond donors (Lipinski definition) is 2. The molecule has 0 amide bonds. The molecule has 0 atom stereocenters. The zero-order chi connectivity index (χ0) is 20.1. The predicted molar refractivity (Wildman–Crippen MR) is 107 cm³/mol. The maximum absolute atomic E-state index is 13.0. The average molecular weight is 378 g/mol. The van der Waals surface area contributed by atoms with E-state index in [1.54, 1.807) is 42.6 Å². The SMILES string of the molecule is CN(Cc1ccc(B(O)O)cc1)c1ccc(C(=O)Cc2ccc(F)cc2)cn1. The molecule has 0 aliphatic carbocycles. The van der Waals surface area contributed by atoms with Gasteiger partial charge >= 0.3 is 7.12 Å². The number of carbonyl (C=O) groups is 1. The Morgan fingerprint density at radius 1 is 1.00 bits per heavy atom. The van der Waals surface area contributed by atoms with E-state index in [0.29, 0.717) is 23.4 Å². The molecule has 0 saturated heterocycles. The first-order chi connectivity index (χ1) is 13.4. The molecule has 0 fully saturated rings. The smallest absolute Gasteiger partial charge is 0.423 e. The summed E-state index contributed by atoms with van der Waals surface area (Å²) in [5.41, 5.74) is 2.69. The van der Waals surface area contributed by atoms with Crippen molar-refractivity contribution in [1.29, 1.82) is 0 Å². The van der Waals surface area contributed by atoms with Crippen molar-refractivity contribution in [3.63, 3.8) is 0 Å². The van der Waals surface area contributed by atoms with Crippen LogP contribution in [0.1, 0.15) is 21.5 Å². The van der Waals surface area contributed by atoms with Crippen LogP contribution in [0, 0.1) is 5.82 Å². The lowest BCUT2D eigenvalue weighted by atomic mass is 9.80. The third-order valence-corrected chi connectivity index (χ3v) is 4.44. The van der Waals surface area contributed by atoms with E-state index < -0.39 is 7.12 Å². The van der Waals surface area contributed by atoms with Crippen LogP contribution in [0.15, 0.2) is 66.9 Å². The summed E-state index contributed by atoms with van der Waals surface area (Å²) < 4.78 is 13.0. The van der Waals surface area contributed by atoms with Crippen molar-refractivity contribution in [2.45, 2.75) is 13.0 Å². The van der Waals surface area contributed by atoms with Crippen molar-refractivity contribution in [3.05, 3.63) is 89.4 Å². The van der Waals surface area contributed by atoms with E-state index in [4.69, 9.17) is 10.0 Å². The van der Waals surface area contributed by atoms with Crippen molar-refractivity contribution >= 4 is 24.2 Å². The minimum atomic E-state index is -1.48. The number of rotatable bonds is 7. The number of halogens is 1. The first-order valence-corrected chi connectivity index (χ1v) is 8.82. The Balaban J connectivity index is 1.62. The van der Waals surface area contributed by atoms with Crippen molar-refractivity contribution in [2.24, 2.45) is 0 Å². The summed E-state index contributed by atoms with van der Waals surface area (Å²) in [6.45, 7) is 0.581. The minimum Gasteiger partial charge on any atom is -0.423 e. The molecule has 0 aliphatic heterocycles. The van der Waals surface area contributed by atoms with Gasteiger partial charge in [0.2, 0.25) is 0 Å². The summed E-state index contributed by atoms with van der Waals surface area (Å²) in [4.78, 5) is 18.7. The van der Waals surface area contributed by atoms with Crippen molar-refractivity contribution < 1.29 is 19.2 Å². The summed E-state index contributed by atoms with van der Waals surface area (Å²) in [5, 5.41) is 18.3. The molecule has 0 saturated carbocycles. The molecule has 142 valence electrons. The first kappa shape index (κ1) is 19.7. The monoisotopic (exact) mass is 378 g/mol. The number of carbonyl (C=O) groups excluding carboxylic acids is 1. The van der Waals surface area contributed by atoms with Crippen LogP contribution in [-0.4, -0.2) is 35.0 Å². The normalized spacial score (nSPS) is 10.6. The molecule has 2 N–H and O–H groups in total. The van der Waals surface area contributed by atoms with E-state index in [1.807, 2.05) is 24.1 Å². The standard InChI is InChI=1S/C21H20BFN2O3/c1-25(14-16-2-7-18(8-3-16)22(27)28)21-11-6-17(13-24-21)20(26)12-15-4-9-19(23)10-5-15/h2-11,13,27-28H,12,14H2,1H3. The number of nitrogens with zero attached hydrogens (tertiary/aromatic N) is 2. The summed E-state index contributed by atoms with van der Waals surface area (Å²) >= 11 is 0. The van der Waals surface area contributed by atoms with Crippen LogP contribution in [0.25, 0.3) is 0 Å². The van der Waals surface area contributed by atoms with Crippen LogP contribution >= 0.6 is 0 Å². The lowest BCUT2D eigenvalue weighted by Crippen LogP contribution is -2.29. The summed E-state index contributed by atoms with van der Waals surface area (Å²) in [7, 11) is 0.408. The molecule has 3 aromatic rings. The molecule has 3 rings (SSSR count). The second-order valence-electron chi connectivity index (χ2n) is 6.60. The van der Waals surface area contributed by atoms with Crippen LogP contribution in [0.5, 0.6) is 0 Å². The molecule has 0 aliphatic rings. The number of aromatic nitrogens is 1. The second kappa shape index (κ2) is 8.78. The lowest BCUT2D eigenvalue weighted by Gasteiger charge is -2.18. The topological polar surface area (TPSA) is 73.7 Å². The second-order valence-corrected chi connectivity index (χ2v) is 6.60. The van der Waals surface area contributed by atoms with Gasteiger partial charge in [-0.05, 0) is 40.9 Å². The van der Waals surface area contributed by atoms with Gasteiger partial charge in [-0.25, -0.2) is 9.37 Å². The third kappa shape index (κ3) is 5.03. The Kier molecular flexibility index (Phi) is 6.18. The van der Waals surface area contributed by atoms with Crippen molar-refractivity contribution in [1.82, 2.24) is 4.98 Å². The quantitative estimate of drug-likeness (QED) is 0.486. The van der Waals surface area contributed by atoms with Gasteiger partial charge in [0.1, 0.15) is 11.6 Å². The van der Waals surface area contributed by atoms with E-state index in [9.17, 15) is 9.18 Å². The molecule has 1 aromatic heterocycles. The molecular weight excluding hydrogens is 358 g/mol. The number of ketones is 1. The number of Topliss-reactive ketones (excluding diaryl/α,β-unsaturated/α-hetero) is 1. The van der Waals surface area contributed by atoms with E-state index >= 15 is 0 Å². The number of pyridine rings is 1. The average Bonchev–Trinajstić information content (AvgIpc) is 2.70. The van der Waals surface area contributed by atoms with Crippen molar-refractivity contribution in [2.75, 3.05) is 11.9 Å². The van der Waals surface area contributed by atoms with E-state index in [2.05, 4.69) is 4.98 Å². The molecule has 2 aromatic carbocycles. The third-order valence-electron chi connectivity index (χ3n) is 4.44. The summed E-state index contributed by atoms with van der Waals surface area (Å²) in [6, 6.07) is 16.4. The van der Waals surface area contributed by atoms with Gasteiger partial charge < -0.3 is 14.9 Å². The minimum absolute atomic E-state index is 0.0774. The van der Waals surface area contributed by atoms with Gasteiger partial charge in [-0.1, -0.05) is 36.4 Å². The molecule has 28 heavy (non-hydrogen) atoms. The Morgan fingerprint density at radius 3 is 2.21 bits per heavy atom. The van der Waals surface area contributed by atoms with Crippen LogP contribution in [0.3, 0.4) is 0 Å². The highest BCUT2D eigenvalue weighted by atomic mass is 19.1. The van der Waals surface area contributed by atoms with Crippen LogP contribution in [-0.2, 0) is 13.0 Å². The largest absolute Gasteiger partial charge is 0.488 e. The van der Waals surface area contributed by atoms with E-state index in [1.165, 1.54) is 12.1 Å². The molecule has 1 heterocycles. The van der Waals surface area contributed by atoms with E-state index in [0.717, 1.165) is 11.1 Å². The summed E-state index contributed by atoms with van der Waals surface area (Å²) in [6.07, 6.45) is 1.74. The van der Waals surface area contributed by atoms with E-state index in [-0.39, 0.29) is 18.0 Å². The first-order valence-electron chi connectivity index (χ1n) is 8.82. The van der Waals surface area contributed by atoms with Crippen LogP contribution < -0.4 is 10.4 Å². The molecule has 7 heteroatoms. The number of hydrogen-bond acceptors (Lipinski definition) is 5. The molecule has 0 unspecified atom stereocenters. The van der Waals surface area contributed by atoms with Crippen LogP contribution in [0.2, 0.25) is 0 Å². The Labute approximate surface area is 163 Å². The van der Waals surface area contributed by atoms with Gasteiger partial charge in [0.15, 0.2) is 5.78 Å². The fourth-order valence-electron chi connectivity index (χ4n) is 2.82. The molecule has 0 radical (unpaired) electrons. The molecular formula is C21H20BFN2O3. The Hall–Kier alpha value is -3.03. The van der Waals surface area contributed by atoms with Gasteiger partial charge in [0.25, 0.3) is 0 Å². The number of benzene rings is 2. The molecule has 5 nitrogen and oxygen atoms in total. The van der Waals surface area contributed by atoms with Gasteiger partial charge in [-0.2, -0.15) is 0 Å². The molecule has 0 bridgehead atoms. The zero-order valence-electron chi connectivity index (χ0n) is 15.4. The van der Waals surface area contributed by atoms with Gasteiger partial charge in [0, 0.05) is 31.8 Å². The number of anilines is 1. The fraction of sp³-hybridized carbons (Fsp3) is 0.143. The highest BCUT2D eigenvalue weighted by Crippen LogP contribution is 2.15. The Morgan fingerprint density at radius 2 is 1.64 bits per heavy atom. The Bertz CT molecular complexity index is 929. The van der Waals surface area contributed by atoms with Crippen LogP contribution in [0.4, 0.5) is 10.2 Å². The fourth-order valence-corrected chi connectivity index (χ4v) is 2.82. The predicted octanol–water partition coefficient (Wildman–Crippen LogP) is 1.96. The zero-order valence-corrected chi connectivity index (χ0v) is 15.4. The van der Waals surface area contributed by atoms with Gasteiger partial charge in [-0.15, -0.1) is 0 Å².